The summed E-state index contributed by atoms with van der Waals surface area (Å²) in [7, 11) is 1.54. The fourth-order valence-electron chi connectivity index (χ4n) is 2.12. The van der Waals surface area contributed by atoms with E-state index in [1.807, 2.05) is 0 Å². The van der Waals surface area contributed by atoms with E-state index in [0.717, 1.165) is 11.6 Å². The molecule has 0 bridgehead atoms. The van der Waals surface area contributed by atoms with Gasteiger partial charge in [0.05, 0.1) is 12.8 Å². The molecule has 0 saturated heterocycles. The summed E-state index contributed by atoms with van der Waals surface area (Å²) in [5.74, 6) is 0.465. The molecule has 1 N–H and O–H groups in total. The first-order valence-corrected chi connectivity index (χ1v) is 6.33. The van der Waals surface area contributed by atoms with Crippen molar-refractivity contribution in [1.29, 1.82) is 0 Å². The summed E-state index contributed by atoms with van der Waals surface area (Å²) >= 11 is 0. The second-order valence-corrected chi connectivity index (χ2v) is 4.51. The third-order valence-electron chi connectivity index (χ3n) is 3.13. The number of anilines is 1. The van der Waals surface area contributed by atoms with E-state index in [1.54, 1.807) is 12.1 Å². The van der Waals surface area contributed by atoms with E-state index in [9.17, 15) is 8.78 Å². The number of halogens is 2. The Hall–Kier alpha value is -2.50. The summed E-state index contributed by atoms with van der Waals surface area (Å²) < 4.78 is 42.2. The molecule has 3 rings (SSSR count). The third-order valence-corrected chi connectivity index (χ3v) is 3.13. The lowest BCUT2D eigenvalue weighted by molar-refractivity contribution is 0.171. The fraction of sp³-hybridized carbons (Fsp3) is 0.200. The van der Waals surface area contributed by atoms with Crippen LogP contribution in [0.1, 0.15) is 5.56 Å². The SMILES string of the molecule is COc1cc(CNc2ccc(F)cc2F)cc2c1OCO2. The monoisotopic (exact) mass is 293 g/mol. The molecule has 2 aromatic rings. The van der Waals surface area contributed by atoms with Crippen LogP contribution in [0.3, 0.4) is 0 Å². The van der Waals surface area contributed by atoms with Gasteiger partial charge in [-0.2, -0.15) is 0 Å². The van der Waals surface area contributed by atoms with Crippen LogP contribution in [0.25, 0.3) is 0 Å². The Morgan fingerprint density at radius 1 is 1.19 bits per heavy atom. The van der Waals surface area contributed by atoms with Gasteiger partial charge in [0.15, 0.2) is 11.5 Å². The maximum absolute atomic E-state index is 13.5. The summed E-state index contributed by atoms with van der Waals surface area (Å²) in [6.07, 6.45) is 0. The maximum Gasteiger partial charge on any atom is 0.231 e. The molecule has 110 valence electrons. The van der Waals surface area contributed by atoms with Gasteiger partial charge in [-0.15, -0.1) is 0 Å². The molecule has 21 heavy (non-hydrogen) atoms. The Labute approximate surface area is 120 Å². The molecule has 1 aliphatic heterocycles. The molecule has 6 heteroatoms. The first-order valence-electron chi connectivity index (χ1n) is 6.33. The maximum atomic E-state index is 13.5. The highest BCUT2D eigenvalue weighted by Crippen LogP contribution is 2.41. The first kappa shape index (κ1) is 13.5. The van der Waals surface area contributed by atoms with Gasteiger partial charge in [-0.1, -0.05) is 0 Å². The summed E-state index contributed by atoms with van der Waals surface area (Å²) in [6.45, 7) is 0.491. The van der Waals surface area contributed by atoms with Gasteiger partial charge >= 0.3 is 0 Å². The zero-order valence-electron chi connectivity index (χ0n) is 11.3. The highest BCUT2D eigenvalue weighted by Gasteiger charge is 2.20. The average molecular weight is 293 g/mol. The zero-order chi connectivity index (χ0) is 14.8. The van der Waals surface area contributed by atoms with Crippen LogP contribution in [0, 0.1) is 11.6 Å². The second-order valence-electron chi connectivity index (χ2n) is 4.51. The van der Waals surface area contributed by atoms with Gasteiger partial charge in [-0.05, 0) is 29.8 Å². The molecule has 0 radical (unpaired) electrons. The molecule has 0 aromatic heterocycles. The molecular formula is C15H13F2NO3. The lowest BCUT2D eigenvalue weighted by Crippen LogP contribution is -2.02. The highest BCUT2D eigenvalue weighted by molar-refractivity contribution is 5.56. The van der Waals surface area contributed by atoms with E-state index in [4.69, 9.17) is 14.2 Å². The topological polar surface area (TPSA) is 39.7 Å². The minimum atomic E-state index is -0.636. The Morgan fingerprint density at radius 3 is 2.81 bits per heavy atom. The Balaban J connectivity index is 1.79. The summed E-state index contributed by atoms with van der Waals surface area (Å²) in [6, 6.07) is 6.96. The molecular weight excluding hydrogens is 280 g/mol. The molecule has 2 aromatic carbocycles. The molecule has 0 unspecified atom stereocenters. The third kappa shape index (κ3) is 2.69. The zero-order valence-corrected chi connectivity index (χ0v) is 11.3. The van der Waals surface area contributed by atoms with Crippen molar-refractivity contribution in [3.63, 3.8) is 0 Å². The highest BCUT2D eigenvalue weighted by atomic mass is 19.1. The molecule has 0 spiro atoms. The van der Waals surface area contributed by atoms with Gasteiger partial charge in [-0.25, -0.2) is 8.78 Å². The molecule has 0 saturated carbocycles. The fourth-order valence-corrected chi connectivity index (χ4v) is 2.12. The molecule has 0 aliphatic carbocycles. The van der Waals surface area contributed by atoms with Crippen molar-refractivity contribution < 1.29 is 23.0 Å². The van der Waals surface area contributed by atoms with Crippen LogP contribution in [0.5, 0.6) is 17.2 Å². The predicted molar refractivity (Wildman–Crippen MR) is 72.8 cm³/mol. The van der Waals surface area contributed by atoms with Gasteiger partial charge in [0.2, 0.25) is 12.5 Å². The minimum absolute atomic E-state index is 0.148. The summed E-state index contributed by atoms with van der Waals surface area (Å²) in [5, 5.41) is 2.91. The Morgan fingerprint density at radius 2 is 2.05 bits per heavy atom. The van der Waals surface area contributed by atoms with E-state index in [0.29, 0.717) is 23.8 Å². The van der Waals surface area contributed by atoms with Crippen LogP contribution >= 0.6 is 0 Å². The van der Waals surface area contributed by atoms with E-state index in [1.165, 1.54) is 19.2 Å². The number of benzene rings is 2. The van der Waals surface area contributed by atoms with Gasteiger partial charge < -0.3 is 19.5 Å². The molecule has 1 heterocycles. The summed E-state index contributed by atoms with van der Waals surface area (Å²) in [4.78, 5) is 0. The molecule has 0 atom stereocenters. The first-order chi connectivity index (χ1) is 10.2. The molecule has 1 aliphatic rings. The van der Waals surface area contributed by atoms with Crippen LogP contribution < -0.4 is 19.5 Å². The normalized spacial score (nSPS) is 12.3. The lowest BCUT2D eigenvalue weighted by Gasteiger charge is -2.10. The van der Waals surface area contributed by atoms with Crippen LogP contribution in [-0.4, -0.2) is 13.9 Å². The number of ether oxygens (including phenoxy) is 3. The standard InChI is InChI=1S/C15H13F2NO3/c1-19-13-4-9(5-14-15(13)21-8-20-14)7-18-12-3-2-10(16)6-11(12)17/h2-6,18H,7-8H2,1H3. The Bertz CT molecular complexity index is 676. The number of nitrogens with one attached hydrogen (secondary N) is 1. The average Bonchev–Trinajstić information content (AvgIpc) is 2.93. The van der Waals surface area contributed by atoms with E-state index in [2.05, 4.69) is 5.32 Å². The van der Waals surface area contributed by atoms with Gasteiger partial charge in [0, 0.05) is 12.6 Å². The molecule has 0 fully saturated rings. The van der Waals surface area contributed by atoms with Crippen LogP contribution in [-0.2, 0) is 6.54 Å². The second kappa shape index (κ2) is 5.47. The van der Waals surface area contributed by atoms with Crippen molar-refractivity contribution in [2.24, 2.45) is 0 Å². The quantitative estimate of drug-likeness (QED) is 0.938. The van der Waals surface area contributed by atoms with Crippen molar-refractivity contribution in [3.05, 3.63) is 47.5 Å². The van der Waals surface area contributed by atoms with Gasteiger partial charge in [0.25, 0.3) is 0 Å². The number of fused-ring (bicyclic) bond motifs is 1. The summed E-state index contributed by atoms with van der Waals surface area (Å²) in [5.41, 5.74) is 1.06. The molecule has 4 nitrogen and oxygen atoms in total. The van der Waals surface area contributed by atoms with Crippen molar-refractivity contribution in [2.45, 2.75) is 6.54 Å². The predicted octanol–water partition coefficient (Wildman–Crippen LogP) is 3.31. The Kier molecular flexibility index (Phi) is 3.51. The minimum Gasteiger partial charge on any atom is -0.493 e. The molecule has 0 amide bonds. The van der Waals surface area contributed by atoms with Gasteiger partial charge in [0.1, 0.15) is 11.6 Å². The van der Waals surface area contributed by atoms with Crippen molar-refractivity contribution in [3.8, 4) is 17.2 Å². The van der Waals surface area contributed by atoms with Gasteiger partial charge in [-0.3, -0.25) is 0 Å². The number of rotatable bonds is 4. The number of methoxy groups -OCH3 is 1. The number of hydrogen-bond donors (Lipinski definition) is 1. The smallest absolute Gasteiger partial charge is 0.231 e. The largest absolute Gasteiger partial charge is 0.493 e. The van der Waals surface area contributed by atoms with E-state index >= 15 is 0 Å². The van der Waals surface area contributed by atoms with Crippen molar-refractivity contribution >= 4 is 5.69 Å². The van der Waals surface area contributed by atoms with Crippen molar-refractivity contribution in [1.82, 2.24) is 0 Å². The van der Waals surface area contributed by atoms with Crippen LogP contribution in [0.4, 0.5) is 14.5 Å². The lowest BCUT2D eigenvalue weighted by atomic mass is 10.1. The van der Waals surface area contributed by atoms with E-state index < -0.39 is 11.6 Å². The van der Waals surface area contributed by atoms with E-state index in [-0.39, 0.29) is 12.5 Å². The van der Waals surface area contributed by atoms with Crippen molar-refractivity contribution in [2.75, 3.05) is 19.2 Å². The number of hydrogen-bond acceptors (Lipinski definition) is 4. The van der Waals surface area contributed by atoms with Crippen LogP contribution in [0.2, 0.25) is 0 Å². The van der Waals surface area contributed by atoms with Crippen LogP contribution in [0.15, 0.2) is 30.3 Å².